The average molecular weight is 311 g/mol. The molecule has 0 rings (SSSR count). The maximum absolute atomic E-state index is 13.0. The quantitative estimate of drug-likeness (QED) is 0.502. The third-order valence-electron chi connectivity index (χ3n) is 2.14. The van der Waals surface area contributed by atoms with Gasteiger partial charge in [-0.1, -0.05) is 0 Å². The normalized spacial score (nSPS) is 14.7. The van der Waals surface area contributed by atoms with Crippen molar-refractivity contribution in [2.45, 2.75) is 37.0 Å². The van der Waals surface area contributed by atoms with Crippen LogP contribution in [0.4, 0.5) is 17.6 Å². The first-order valence-electron chi connectivity index (χ1n) is 5.11. The maximum Gasteiger partial charge on any atom is 0.396 e. The molecule has 0 saturated carbocycles. The number of alkyl halides is 4. The second-order valence-electron chi connectivity index (χ2n) is 4.47. The van der Waals surface area contributed by atoms with E-state index in [9.17, 15) is 30.5 Å². The Hall–Kier alpha value is -0.450. The number of methoxy groups -OCH3 is 1. The third-order valence-corrected chi connectivity index (χ3v) is 3.07. The van der Waals surface area contributed by atoms with Crippen molar-refractivity contribution >= 4 is 10.1 Å². The molecule has 0 bridgehead atoms. The summed E-state index contributed by atoms with van der Waals surface area (Å²) in [5, 5.41) is -5.67. The van der Waals surface area contributed by atoms with Crippen LogP contribution in [-0.2, 0) is 19.6 Å². The van der Waals surface area contributed by atoms with Gasteiger partial charge < -0.3 is 14.0 Å². The fraction of sp³-hybridized carbons (Fsp3) is 1.00. The third kappa shape index (κ3) is 4.86. The number of hydrogen-bond donors (Lipinski definition) is 0. The highest BCUT2D eigenvalue weighted by atomic mass is 32.2. The summed E-state index contributed by atoms with van der Waals surface area (Å²) in [7, 11) is -5.12. The molecule has 0 saturated heterocycles. The fourth-order valence-electron chi connectivity index (χ4n) is 1.17. The van der Waals surface area contributed by atoms with Gasteiger partial charge in [0.1, 0.15) is 0 Å². The van der Waals surface area contributed by atoms with Crippen molar-refractivity contribution in [1.82, 2.24) is 0 Å². The molecule has 0 aliphatic rings. The standard InChI is InChI=1S/C9H16F4O5S/c1-7(2,6-17-3)18-5-4-8(10,11)9(12,13)19(14,15)16/h4-6H2,1-3H3,(H,14,15,16)/p-1. The van der Waals surface area contributed by atoms with E-state index in [1.54, 1.807) is 0 Å². The zero-order chi connectivity index (χ0) is 15.5. The molecule has 0 aromatic rings. The lowest BCUT2D eigenvalue weighted by Gasteiger charge is -2.30. The van der Waals surface area contributed by atoms with E-state index < -0.39 is 39.9 Å². The van der Waals surface area contributed by atoms with Crippen molar-refractivity contribution in [3.63, 3.8) is 0 Å². The van der Waals surface area contributed by atoms with Crippen molar-refractivity contribution in [3.05, 3.63) is 0 Å². The van der Waals surface area contributed by atoms with Gasteiger partial charge in [0.15, 0.2) is 10.1 Å². The molecule has 0 radical (unpaired) electrons. The Bertz CT molecular complexity index is 393. The molecule has 5 nitrogen and oxygen atoms in total. The molecule has 0 aliphatic heterocycles. The van der Waals surface area contributed by atoms with E-state index in [4.69, 9.17) is 9.47 Å². The highest BCUT2D eigenvalue weighted by Gasteiger charge is 2.61. The molecule has 0 heterocycles. The summed E-state index contributed by atoms with van der Waals surface area (Å²) in [6.07, 6.45) is -1.60. The molecule has 0 aliphatic carbocycles. The zero-order valence-electron chi connectivity index (χ0n) is 10.6. The summed E-state index contributed by atoms with van der Waals surface area (Å²) in [5.74, 6) is -5.00. The predicted octanol–water partition coefficient (Wildman–Crippen LogP) is 1.59. The monoisotopic (exact) mass is 311 g/mol. The van der Waals surface area contributed by atoms with Crippen LogP contribution >= 0.6 is 0 Å². The van der Waals surface area contributed by atoms with Gasteiger partial charge in [-0.15, -0.1) is 0 Å². The second-order valence-corrected chi connectivity index (χ2v) is 5.89. The van der Waals surface area contributed by atoms with Crippen LogP contribution in [0.5, 0.6) is 0 Å². The van der Waals surface area contributed by atoms with Gasteiger partial charge in [0.05, 0.1) is 18.8 Å². The molecule has 116 valence electrons. The van der Waals surface area contributed by atoms with E-state index >= 15 is 0 Å². The van der Waals surface area contributed by atoms with Crippen LogP contribution in [0.3, 0.4) is 0 Å². The van der Waals surface area contributed by atoms with Crippen LogP contribution in [0.2, 0.25) is 0 Å². The van der Waals surface area contributed by atoms with E-state index in [-0.39, 0.29) is 6.61 Å². The van der Waals surface area contributed by atoms with Gasteiger partial charge in [-0.05, 0) is 13.8 Å². The lowest BCUT2D eigenvalue weighted by molar-refractivity contribution is -0.179. The second kappa shape index (κ2) is 5.90. The number of ether oxygens (including phenoxy) is 2. The molecular formula is C9H15F4O5S-. The van der Waals surface area contributed by atoms with Gasteiger partial charge in [0.25, 0.3) is 0 Å². The van der Waals surface area contributed by atoms with E-state index in [0.29, 0.717) is 0 Å². The average Bonchev–Trinajstić information content (AvgIpc) is 2.14. The van der Waals surface area contributed by atoms with Crippen molar-refractivity contribution < 1.29 is 40.0 Å². The summed E-state index contributed by atoms with van der Waals surface area (Å²) in [5.41, 5.74) is -1.00. The van der Waals surface area contributed by atoms with Gasteiger partial charge in [-0.25, -0.2) is 8.42 Å². The van der Waals surface area contributed by atoms with Crippen LogP contribution in [0.15, 0.2) is 0 Å². The summed E-state index contributed by atoms with van der Waals surface area (Å²) >= 11 is 0. The molecule has 0 amide bonds. The van der Waals surface area contributed by atoms with Crippen LogP contribution in [0.25, 0.3) is 0 Å². The minimum Gasteiger partial charge on any atom is -0.743 e. The summed E-state index contributed by atoms with van der Waals surface area (Å²) < 4.78 is 91.5. The highest BCUT2D eigenvalue weighted by molar-refractivity contribution is 7.86. The number of hydrogen-bond acceptors (Lipinski definition) is 5. The molecule has 0 atom stereocenters. The molecule has 0 unspecified atom stereocenters. The Labute approximate surface area is 108 Å². The zero-order valence-corrected chi connectivity index (χ0v) is 11.4. The topological polar surface area (TPSA) is 75.7 Å². The highest BCUT2D eigenvalue weighted by Crippen LogP contribution is 2.40. The van der Waals surface area contributed by atoms with Gasteiger partial charge in [-0.2, -0.15) is 17.6 Å². The number of rotatable bonds is 8. The smallest absolute Gasteiger partial charge is 0.396 e. The van der Waals surface area contributed by atoms with E-state index in [1.165, 1.54) is 21.0 Å². The van der Waals surface area contributed by atoms with Crippen LogP contribution < -0.4 is 0 Å². The molecule has 0 N–H and O–H groups in total. The van der Waals surface area contributed by atoms with Crippen molar-refractivity contribution in [3.8, 4) is 0 Å². The summed E-state index contributed by atoms with van der Waals surface area (Å²) in [6, 6.07) is 0. The van der Waals surface area contributed by atoms with Gasteiger partial charge in [0, 0.05) is 13.5 Å². The minimum atomic E-state index is -6.45. The molecule has 0 aromatic heterocycles. The minimum absolute atomic E-state index is 0.0226. The SMILES string of the molecule is COCC(C)(C)OCCC(F)(F)C(F)(F)S(=O)(=O)[O-]. The van der Waals surface area contributed by atoms with Crippen molar-refractivity contribution in [1.29, 1.82) is 0 Å². The Morgan fingerprint density at radius 3 is 2.00 bits per heavy atom. The molecule has 10 heteroatoms. The lowest BCUT2D eigenvalue weighted by atomic mass is 10.1. The molecule has 0 aromatic carbocycles. The largest absolute Gasteiger partial charge is 0.743 e. The summed E-state index contributed by atoms with van der Waals surface area (Å²) in [4.78, 5) is 0. The van der Waals surface area contributed by atoms with Crippen LogP contribution in [0.1, 0.15) is 20.3 Å². The van der Waals surface area contributed by atoms with Crippen molar-refractivity contribution in [2.24, 2.45) is 0 Å². The Balaban J connectivity index is 4.65. The van der Waals surface area contributed by atoms with Crippen LogP contribution in [-0.4, -0.2) is 50.1 Å². The number of halogens is 4. The first-order valence-corrected chi connectivity index (χ1v) is 6.52. The predicted molar refractivity (Wildman–Crippen MR) is 56.1 cm³/mol. The van der Waals surface area contributed by atoms with Gasteiger partial charge >= 0.3 is 11.2 Å². The first kappa shape index (κ1) is 18.6. The van der Waals surface area contributed by atoms with Gasteiger partial charge in [0.2, 0.25) is 0 Å². The Morgan fingerprint density at radius 1 is 1.16 bits per heavy atom. The fourth-order valence-corrected chi connectivity index (χ4v) is 1.64. The molecule has 19 heavy (non-hydrogen) atoms. The molecular weight excluding hydrogens is 296 g/mol. The van der Waals surface area contributed by atoms with Gasteiger partial charge in [-0.3, -0.25) is 0 Å². The first-order chi connectivity index (χ1) is 8.27. The Kier molecular flexibility index (Phi) is 5.76. The van der Waals surface area contributed by atoms with E-state index in [2.05, 4.69) is 0 Å². The lowest BCUT2D eigenvalue weighted by Crippen LogP contribution is -2.48. The van der Waals surface area contributed by atoms with E-state index in [0.717, 1.165) is 0 Å². The Morgan fingerprint density at radius 2 is 1.63 bits per heavy atom. The van der Waals surface area contributed by atoms with Crippen molar-refractivity contribution in [2.75, 3.05) is 20.3 Å². The van der Waals surface area contributed by atoms with Crippen LogP contribution in [0, 0.1) is 0 Å². The molecule has 0 spiro atoms. The van der Waals surface area contributed by atoms with E-state index in [1.807, 2.05) is 0 Å². The molecule has 0 fully saturated rings. The maximum atomic E-state index is 13.0. The summed E-state index contributed by atoms with van der Waals surface area (Å²) in [6.45, 7) is 2.11.